The number of pyridine rings is 2. The molecule has 2 rings (SSSR count). The highest BCUT2D eigenvalue weighted by Gasteiger charge is 2.04. The molecule has 0 spiro atoms. The Kier molecular flexibility index (Phi) is 4.25. The Hall–Kier alpha value is -1.94. The highest BCUT2D eigenvalue weighted by molar-refractivity contribution is 5.26. The summed E-state index contributed by atoms with van der Waals surface area (Å²) >= 11 is 0. The van der Waals surface area contributed by atoms with Gasteiger partial charge in [-0.15, -0.1) is 0 Å². The van der Waals surface area contributed by atoms with E-state index in [0.29, 0.717) is 17.7 Å². The summed E-state index contributed by atoms with van der Waals surface area (Å²) in [5.41, 5.74) is 1.15. The van der Waals surface area contributed by atoms with E-state index in [0.717, 1.165) is 12.1 Å². The highest BCUT2D eigenvalue weighted by Crippen LogP contribution is 2.19. The van der Waals surface area contributed by atoms with Gasteiger partial charge in [-0.1, -0.05) is 13.0 Å². The minimum absolute atomic E-state index is 0.301. The van der Waals surface area contributed by atoms with Crippen LogP contribution >= 0.6 is 0 Å². The average Bonchev–Trinajstić information content (AvgIpc) is 2.41. The van der Waals surface area contributed by atoms with Gasteiger partial charge in [0.25, 0.3) is 0 Å². The molecule has 0 bridgehead atoms. The summed E-state index contributed by atoms with van der Waals surface area (Å²) in [7, 11) is 0. The van der Waals surface area contributed by atoms with E-state index in [1.807, 2.05) is 30.5 Å². The summed E-state index contributed by atoms with van der Waals surface area (Å²) < 4.78 is 5.58. The molecule has 0 aliphatic carbocycles. The van der Waals surface area contributed by atoms with Crippen LogP contribution in [-0.2, 0) is 0 Å². The van der Waals surface area contributed by atoms with E-state index in [1.54, 1.807) is 12.4 Å². The molecule has 4 heteroatoms. The maximum absolute atomic E-state index is 5.58. The third-order valence-electron chi connectivity index (χ3n) is 2.63. The molecule has 0 aromatic carbocycles. The molecule has 0 saturated heterocycles. The number of ether oxygens (including phenoxy) is 1. The van der Waals surface area contributed by atoms with Crippen LogP contribution < -0.4 is 10.1 Å². The van der Waals surface area contributed by atoms with Crippen LogP contribution in [0.25, 0.3) is 0 Å². The molecule has 0 aliphatic rings. The summed E-state index contributed by atoms with van der Waals surface area (Å²) in [6, 6.07) is 7.87. The van der Waals surface area contributed by atoms with E-state index in [-0.39, 0.29) is 0 Å². The van der Waals surface area contributed by atoms with Crippen molar-refractivity contribution >= 4 is 0 Å². The lowest BCUT2D eigenvalue weighted by Crippen LogP contribution is -2.17. The van der Waals surface area contributed by atoms with Gasteiger partial charge in [0.15, 0.2) is 0 Å². The van der Waals surface area contributed by atoms with Gasteiger partial charge in [0.1, 0.15) is 5.75 Å². The van der Waals surface area contributed by atoms with Crippen LogP contribution in [0.1, 0.15) is 25.5 Å². The largest absolute Gasteiger partial charge is 0.437 e. The summed E-state index contributed by atoms with van der Waals surface area (Å²) in [5, 5.41) is 3.34. The quantitative estimate of drug-likeness (QED) is 0.877. The van der Waals surface area contributed by atoms with Gasteiger partial charge in [0, 0.05) is 24.5 Å². The second-order valence-electron chi connectivity index (χ2n) is 4.00. The minimum Gasteiger partial charge on any atom is -0.437 e. The summed E-state index contributed by atoms with van der Waals surface area (Å²) in [5.74, 6) is 1.27. The standard InChI is InChI=1S/C14H17N3O/c1-3-16-11(2)12-6-7-14(17-9-12)18-13-5-4-8-15-10-13/h4-11,16H,3H2,1-2H3. The van der Waals surface area contributed by atoms with Crippen molar-refractivity contribution in [1.82, 2.24) is 15.3 Å². The first kappa shape index (κ1) is 12.5. The molecule has 18 heavy (non-hydrogen) atoms. The Bertz CT molecular complexity index is 470. The van der Waals surface area contributed by atoms with Gasteiger partial charge in [0.2, 0.25) is 5.88 Å². The molecular weight excluding hydrogens is 226 g/mol. The number of aromatic nitrogens is 2. The van der Waals surface area contributed by atoms with Gasteiger partial charge in [-0.2, -0.15) is 0 Å². The second kappa shape index (κ2) is 6.12. The summed E-state index contributed by atoms with van der Waals surface area (Å²) in [6.07, 6.45) is 5.21. The van der Waals surface area contributed by atoms with Crippen LogP contribution in [0.3, 0.4) is 0 Å². The van der Waals surface area contributed by atoms with Crippen molar-refractivity contribution in [3.05, 3.63) is 48.4 Å². The van der Waals surface area contributed by atoms with Crippen molar-refractivity contribution in [3.63, 3.8) is 0 Å². The topological polar surface area (TPSA) is 47.0 Å². The Morgan fingerprint density at radius 2 is 2.17 bits per heavy atom. The van der Waals surface area contributed by atoms with Crippen molar-refractivity contribution in [1.29, 1.82) is 0 Å². The van der Waals surface area contributed by atoms with E-state index in [2.05, 4.69) is 29.1 Å². The Morgan fingerprint density at radius 3 is 2.78 bits per heavy atom. The maximum atomic E-state index is 5.58. The lowest BCUT2D eigenvalue weighted by Gasteiger charge is -2.12. The van der Waals surface area contributed by atoms with Crippen LogP contribution in [0.4, 0.5) is 0 Å². The first-order valence-electron chi connectivity index (χ1n) is 6.07. The molecule has 1 unspecified atom stereocenters. The molecule has 1 N–H and O–H groups in total. The van der Waals surface area contributed by atoms with Gasteiger partial charge in [-0.3, -0.25) is 4.98 Å². The fourth-order valence-electron chi connectivity index (χ4n) is 1.66. The van der Waals surface area contributed by atoms with Crippen LogP contribution in [-0.4, -0.2) is 16.5 Å². The van der Waals surface area contributed by atoms with Gasteiger partial charge < -0.3 is 10.1 Å². The van der Waals surface area contributed by atoms with E-state index in [4.69, 9.17) is 4.74 Å². The second-order valence-corrected chi connectivity index (χ2v) is 4.00. The monoisotopic (exact) mass is 243 g/mol. The smallest absolute Gasteiger partial charge is 0.219 e. The zero-order valence-corrected chi connectivity index (χ0v) is 10.6. The number of nitrogens with one attached hydrogen (secondary N) is 1. The third-order valence-corrected chi connectivity index (χ3v) is 2.63. The van der Waals surface area contributed by atoms with Gasteiger partial charge >= 0.3 is 0 Å². The number of nitrogens with zero attached hydrogens (tertiary/aromatic N) is 2. The fraction of sp³-hybridized carbons (Fsp3) is 0.286. The molecule has 0 radical (unpaired) electrons. The van der Waals surface area contributed by atoms with Crippen molar-refractivity contribution in [3.8, 4) is 11.6 Å². The van der Waals surface area contributed by atoms with Gasteiger partial charge in [-0.05, 0) is 31.2 Å². The lowest BCUT2D eigenvalue weighted by molar-refractivity contribution is 0.459. The Labute approximate surface area is 107 Å². The first-order valence-corrected chi connectivity index (χ1v) is 6.07. The minimum atomic E-state index is 0.301. The maximum Gasteiger partial charge on any atom is 0.219 e. The van der Waals surface area contributed by atoms with Crippen molar-refractivity contribution < 1.29 is 4.74 Å². The van der Waals surface area contributed by atoms with Gasteiger partial charge in [0.05, 0.1) is 6.20 Å². The lowest BCUT2D eigenvalue weighted by atomic mass is 10.1. The van der Waals surface area contributed by atoms with Crippen LogP contribution in [0.15, 0.2) is 42.9 Å². The fourth-order valence-corrected chi connectivity index (χ4v) is 1.66. The molecule has 2 aromatic rings. The molecule has 2 heterocycles. The third kappa shape index (κ3) is 3.28. The van der Waals surface area contributed by atoms with Crippen molar-refractivity contribution in [2.45, 2.75) is 19.9 Å². The van der Waals surface area contributed by atoms with E-state index in [1.165, 1.54) is 0 Å². The van der Waals surface area contributed by atoms with E-state index < -0.39 is 0 Å². The SMILES string of the molecule is CCNC(C)c1ccc(Oc2cccnc2)nc1. The molecular formula is C14H17N3O. The number of rotatable bonds is 5. The molecule has 0 saturated carbocycles. The predicted molar refractivity (Wildman–Crippen MR) is 70.6 cm³/mol. The van der Waals surface area contributed by atoms with Crippen LogP contribution in [0, 0.1) is 0 Å². The van der Waals surface area contributed by atoms with Gasteiger partial charge in [-0.25, -0.2) is 4.98 Å². The molecule has 1 atom stereocenters. The summed E-state index contributed by atoms with van der Waals surface area (Å²) in [4.78, 5) is 8.28. The first-order chi connectivity index (χ1) is 8.79. The number of hydrogen-bond acceptors (Lipinski definition) is 4. The zero-order chi connectivity index (χ0) is 12.8. The van der Waals surface area contributed by atoms with Crippen molar-refractivity contribution in [2.24, 2.45) is 0 Å². The molecule has 0 aliphatic heterocycles. The molecule has 2 aromatic heterocycles. The normalized spacial score (nSPS) is 12.1. The summed E-state index contributed by atoms with van der Waals surface area (Å²) in [6.45, 7) is 5.14. The zero-order valence-electron chi connectivity index (χ0n) is 10.6. The molecule has 0 fully saturated rings. The van der Waals surface area contributed by atoms with E-state index >= 15 is 0 Å². The highest BCUT2D eigenvalue weighted by atomic mass is 16.5. The molecule has 94 valence electrons. The number of hydrogen-bond donors (Lipinski definition) is 1. The van der Waals surface area contributed by atoms with E-state index in [9.17, 15) is 0 Å². The average molecular weight is 243 g/mol. The Balaban J connectivity index is 2.04. The molecule has 0 amide bonds. The predicted octanol–water partition coefficient (Wildman–Crippen LogP) is 2.94. The van der Waals surface area contributed by atoms with Crippen LogP contribution in [0.5, 0.6) is 11.6 Å². The van der Waals surface area contributed by atoms with Crippen molar-refractivity contribution in [2.75, 3.05) is 6.54 Å². The van der Waals surface area contributed by atoms with Crippen LogP contribution in [0.2, 0.25) is 0 Å². The molecule has 4 nitrogen and oxygen atoms in total. The Morgan fingerprint density at radius 1 is 1.28 bits per heavy atom.